The Morgan fingerprint density at radius 1 is 1.20 bits per heavy atom. The summed E-state index contributed by atoms with van der Waals surface area (Å²) >= 11 is 5.85. The van der Waals surface area contributed by atoms with E-state index in [4.69, 9.17) is 21.2 Å². The van der Waals surface area contributed by atoms with E-state index in [1.54, 1.807) is 18.2 Å². The average Bonchev–Trinajstić information content (AvgIpc) is 2.55. The molecule has 25 heavy (non-hydrogen) atoms. The van der Waals surface area contributed by atoms with E-state index in [0.717, 1.165) is 23.3 Å². The summed E-state index contributed by atoms with van der Waals surface area (Å²) < 4.78 is 43.4. The summed E-state index contributed by atoms with van der Waals surface area (Å²) in [7, 11) is 2.77. The number of nitrogens with zero attached hydrogens (tertiary/aromatic N) is 1. The number of urea groups is 1. The van der Waals surface area contributed by atoms with Gasteiger partial charge in [-0.3, -0.25) is 4.84 Å². The van der Waals surface area contributed by atoms with Crippen molar-refractivity contribution in [2.75, 3.05) is 19.5 Å². The van der Waals surface area contributed by atoms with Gasteiger partial charge in [-0.2, -0.15) is 13.2 Å². The summed E-state index contributed by atoms with van der Waals surface area (Å²) in [5, 5.41) is 3.37. The summed E-state index contributed by atoms with van der Waals surface area (Å²) in [4.78, 5) is 16.5. The maximum Gasteiger partial charge on any atom is 0.416 e. The van der Waals surface area contributed by atoms with Crippen LogP contribution in [0.15, 0.2) is 42.5 Å². The first-order chi connectivity index (χ1) is 11.7. The molecule has 0 atom stereocenters. The molecule has 2 rings (SSSR count). The van der Waals surface area contributed by atoms with Gasteiger partial charge in [-0.15, -0.1) is 0 Å². The number of amides is 2. The topological polar surface area (TPSA) is 50.8 Å². The molecular formula is C16H14ClF3N2O3. The van der Waals surface area contributed by atoms with Crippen LogP contribution in [-0.4, -0.2) is 25.3 Å². The van der Waals surface area contributed by atoms with Crippen LogP contribution in [0.25, 0.3) is 0 Å². The fourth-order valence-corrected chi connectivity index (χ4v) is 2.03. The van der Waals surface area contributed by atoms with E-state index in [0.29, 0.717) is 11.4 Å². The van der Waals surface area contributed by atoms with Crippen LogP contribution in [-0.2, 0) is 11.0 Å². The number of alkyl halides is 3. The van der Waals surface area contributed by atoms with Gasteiger partial charge in [0.05, 0.1) is 17.7 Å². The number of halogens is 4. The van der Waals surface area contributed by atoms with Crippen molar-refractivity contribution in [1.82, 2.24) is 5.06 Å². The van der Waals surface area contributed by atoms with Gasteiger partial charge in [0.1, 0.15) is 11.5 Å². The number of hydroxylamine groups is 2. The normalized spacial score (nSPS) is 11.1. The summed E-state index contributed by atoms with van der Waals surface area (Å²) in [5.74, 6) is 0.353. The lowest BCUT2D eigenvalue weighted by atomic mass is 10.2. The molecule has 2 amide bonds. The standard InChI is InChI=1S/C16H14ClF3N2O3/c1-22(24-2)15(23)21-11-4-3-5-12(9-11)25-14-7-6-10(8-13(14)17)16(18,19)20/h3-9H,1-2H3,(H,21,23). The van der Waals surface area contributed by atoms with Gasteiger partial charge in [-0.1, -0.05) is 17.7 Å². The number of nitrogens with one attached hydrogen (secondary N) is 1. The molecule has 9 heteroatoms. The third-order valence-corrected chi connectivity index (χ3v) is 3.43. The van der Waals surface area contributed by atoms with Crippen molar-refractivity contribution >= 4 is 23.3 Å². The Balaban J connectivity index is 2.16. The predicted octanol–water partition coefficient (Wildman–Crippen LogP) is 5.18. The van der Waals surface area contributed by atoms with E-state index >= 15 is 0 Å². The SMILES string of the molecule is CON(C)C(=O)Nc1cccc(Oc2ccc(C(F)(F)F)cc2Cl)c1. The molecule has 2 aromatic rings. The maximum atomic E-state index is 12.6. The quantitative estimate of drug-likeness (QED) is 0.750. The molecule has 0 aliphatic rings. The van der Waals surface area contributed by atoms with E-state index in [-0.39, 0.29) is 10.8 Å². The highest BCUT2D eigenvalue weighted by atomic mass is 35.5. The Morgan fingerprint density at radius 2 is 1.92 bits per heavy atom. The molecule has 0 fully saturated rings. The van der Waals surface area contributed by atoms with Crippen LogP contribution < -0.4 is 10.1 Å². The molecule has 134 valence electrons. The summed E-state index contributed by atoms with van der Waals surface area (Å²) in [6.45, 7) is 0. The number of ether oxygens (including phenoxy) is 1. The van der Waals surface area contributed by atoms with Crippen LogP contribution in [0.2, 0.25) is 5.02 Å². The lowest BCUT2D eigenvalue weighted by molar-refractivity contribution is -0.137. The van der Waals surface area contributed by atoms with Crippen molar-refractivity contribution in [3.63, 3.8) is 0 Å². The van der Waals surface area contributed by atoms with Gasteiger partial charge in [0.25, 0.3) is 0 Å². The Labute approximate surface area is 146 Å². The molecule has 0 aliphatic carbocycles. The minimum Gasteiger partial charge on any atom is -0.456 e. The van der Waals surface area contributed by atoms with Crippen molar-refractivity contribution in [3.8, 4) is 11.5 Å². The van der Waals surface area contributed by atoms with Gasteiger partial charge in [0, 0.05) is 18.8 Å². The zero-order chi connectivity index (χ0) is 18.6. The number of anilines is 1. The van der Waals surface area contributed by atoms with Gasteiger partial charge >= 0.3 is 12.2 Å². The van der Waals surface area contributed by atoms with E-state index in [1.807, 2.05) is 0 Å². The number of benzene rings is 2. The highest BCUT2D eigenvalue weighted by molar-refractivity contribution is 6.32. The molecule has 5 nitrogen and oxygen atoms in total. The molecule has 0 bridgehead atoms. The predicted molar refractivity (Wildman–Crippen MR) is 86.8 cm³/mol. The van der Waals surface area contributed by atoms with Crippen molar-refractivity contribution in [1.29, 1.82) is 0 Å². The number of carbonyl (C=O) groups excluding carboxylic acids is 1. The fourth-order valence-electron chi connectivity index (χ4n) is 1.81. The lowest BCUT2D eigenvalue weighted by Crippen LogP contribution is -2.30. The molecule has 0 radical (unpaired) electrons. The molecule has 0 heterocycles. The lowest BCUT2D eigenvalue weighted by Gasteiger charge is -2.15. The molecule has 0 aliphatic heterocycles. The Morgan fingerprint density at radius 3 is 2.52 bits per heavy atom. The molecule has 0 aromatic heterocycles. The highest BCUT2D eigenvalue weighted by Crippen LogP contribution is 2.36. The van der Waals surface area contributed by atoms with Gasteiger partial charge in [0.15, 0.2) is 0 Å². The molecule has 1 N–H and O–H groups in total. The third kappa shape index (κ3) is 5.01. The summed E-state index contributed by atoms with van der Waals surface area (Å²) in [6.07, 6.45) is -4.49. The number of carbonyl (C=O) groups is 1. The van der Waals surface area contributed by atoms with Gasteiger partial charge in [-0.05, 0) is 30.3 Å². The van der Waals surface area contributed by atoms with Crippen LogP contribution in [0.1, 0.15) is 5.56 Å². The van der Waals surface area contributed by atoms with Crippen molar-refractivity contribution < 1.29 is 27.5 Å². The fraction of sp³-hybridized carbons (Fsp3) is 0.188. The van der Waals surface area contributed by atoms with Crippen LogP contribution >= 0.6 is 11.6 Å². The van der Waals surface area contributed by atoms with Crippen molar-refractivity contribution in [2.24, 2.45) is 0 Å². The van der Waals surface area contributed by atoms with Crippen LogP contribution in [0.4, 0.5) is 23.7 Å². The van der Waals surface area contributed by atoms with Crippen LogP contribution in [0, 0.1) is 0 Å². The second-order valence-electron chi connectivity index (χ2n) is 4.88. The summed E-state index contributed by atoms with van der Waals surface area (Å²) in [6, 6.07) is 8.58. The average molecular weight is 375 g/mol. The Hall–Kier alpha value is -2.45. The van der Waals surface area contributed by atoms with Crippen molar-refractivity contribution in [2.45, 2.75) is 6.18 Å². The van der Waals surface area contributed by atoms with Crippen LogP contribution in [0.3, 0.4) is 0 Å². The van der Waals surface area contributed by atoms with E-state index in [1.165, 1.54) is 20.2 Å². The summed E-state index contributed by atoms with van der Waals surface area (Å²) in [5.41, 5.74) is -0.456. The maximum absolute atomic E-state index is 12.6. The molecular weight excluding hydrogens is 361 g/mol. The largest absolute Gasteiger partial charge is 0.456 e. The van der Waals surface area contributed by atoms with Crippen molar-refractivity contribution in [3.05, 3.63) is 53.1 Å². The minimum absolute atomic E-state index is 0.0622. The number of hydrogen-bond donors (Lipinski definition) is 1. The zero-order valence-electron chi connectivity index (χ0n) is 13.2. The Kier molecular flexibility index (Phi) is 5.76. The van der Waals surface area contributed by atoms with Gasteiger partial charge in [-0.25, -0.2) is 9.86 Å². The van der Waals surface area contributed by atoms with Gasteiger partial charge < -0.3 is 10.1 Å². The molecule has 0 unspecified atom stereocenters. The highest BCUT2D eigenvalue weighted by Gasteiger charge is 2.31. The number of rotatable bonds is 4. The second-order valence-corrected chi connectivity index (χ2v) is 5.29. The molecule has 0 saturated heterocycles. The molecule has 2 aromatic carbocycles. The minimum atomic E-state index is -4.49. The molecule has 0 saturated carbocycles. The van der Waals surface area contributed by atoms with Crippen LogP contribution in [0.5, 0.6) is 11.5 Å². The monoisotopic (exact) mass is 374 g/mol. The number of hydrogen-bond acceptors (Lipinski definition) is 3. The first kappa shape index (κ1) is 18.9. The molecule has 0 spiro atoms. The van der Waals surface area contributed by atoms with E-state index in [9.17, 15) is 18.0 Å². The first-order valence-electron chi connectivity index (χ1n) is 6.94. The second kappa shape index (κ2) is 7.62. The van der Waals surface area contributed by atoms with Gasteiger partial charge in [0.2, 0.25) is 0 Å². The zero-order valence-corrected chi connectivity index (χ0v) is 14.0. The smallest absolute Gasteiger partial charge is 0.416 e. The van der Waals surface area contributed by atoms with E-state index in [2.05, 4.69) is 5.32 Å². The first-order valence-corrected chi connectivity index (χ1v) is 7.32. The third-order valence-electron chi connectivity index (χ3n) is 3.13. The Bertz CT molecular complexity index is 769. The van der Waals surface area contributed by atoms with E-state index < -0.39 is 17.8 Å².